The fourth-order valence-corrected chi connectivity index (χ4v) is 2.97. The second-order valence-electron chi connectivity index (χ2n) is 4.29. The molecule has 0 aliphatic heterocycles. The molecular weight excluding hydrogens is 272 g/mol. The highest BCUT2D eigenvalue weighted by Gasteiger charge is 2.21. The molecule has 1 amide bonds. The molecule has 0 aliphatic rings. The Labute approximate surface area is 119 Å². The molecule has 1 aromatic carbocycles. The molecule has 2 heterocycles. The minimum absolute atomic E-state index is 0.142. The summed E-state index contributed by atoms with van der Waals surface area (Å²) in [4.78, 5) is 15.3. The van der Waals surface area contributed by atoms with Crippen molar-refractivity contribution < 1.29 is 4.79 Å². The van der Waals surface area contributed by atoms with Crippen molar-refractivity contribution in [3.63, 3.8) is 0 Å². The molecule has 100 valence electrons. The average Bonchev–Trinajstić information content (AvgIpc) is 2.84. The summed E-state index contributed by atoms with van der Waals surface area (Å²) in [6.07, 6.45) is 1.57. The number of anilines is 2. The van der Waals surface area contributed by atoms with E-state index >= 15 is 0 Å². The van der Waals surface area contributed by atoms with Crippen LogP contribution in [0.4, 0.5) is 11.4 Å². The van der Waals surface area contributed by atoms with Gasteiger partial charge in [-0.3, -0.25) is 4.79 Å². The minimum atomic E-state index is -0.142. The van der Waals surface area contributed by atoms with Gasteiger partial charge in [0.05, 0.1) is 11.9 Å². The van der Waals surface area contributed by atoms with Gasteiger partial charge in [0, 0.05) is 18.1 Å². The van der Waals surface area contributed by atoms with Crippen molar-refractivity contribution in [3.05, 3.63) is 47.5 Å². The minimum Gasteiger partial charge on any atom is -0.397 e. The number of para-hydroxylation sites is 1. The van der Waals surface area contributed by atoms with Crippen LogP contribution in [0.3, 0.4) is 0 Å². The monoisotopic (exact) mass is 284 g/mol. The number of carbonyl (C=O) groups excluding carboxylic acids is 1. The van der Waals surface area contributed by atoms with Gasteiger partial charge in [-0.25, -0.2) is 0 Å². The molecule has 3 rings (SSSR count). The van der Waals surface area contributed by atoms with E-state index in [1.807, 2.05) is 30.3 Å². The molecule has 0 unspecified atom stereocenters. The van der Waals surface area contributed by atoms with Gasteiger partial charge >= 0.3 is 0 Å². The van der Waals surface area contributed by atoms with Gasteiger partial charge < -0.3 is 10.6 Å². The molecule has 0 radical (unpaired) electrons. The van der Waals surface area contributed by atoms with E-state index in [2.05, 4.69) is 10.2 Å². The number of hydrogen-bond donors (Lipinski definition) is 1. The number of hydrogen-bond acceptors (Lipinski definition) is 5. The molecule has 0 fully saturated rings. The summed E-state index contributed by atoms with van der Waals surface area (Å²) in [6, 6.07) is 11.2. The number of nitrogens with zero attached hydrogens (tertiary/aromatic N) is 3. The summed E-state index contributed by atoms with van der Waals surface area (Å²) in [6.45, 7) is 0. The third kappa shape index (κ3) is 2.00. The first-order valence-corrected chi connectivity index (χ1v) is 6.83. The molecule has 2 aromatic heterocycles. The fourth-order valence-electron chi connectivity index (χ4n) is 1.95. The van der Waals surface area contributed by atoms with E-state index in [4.69, 9.17) is 5.73 Å². The maximum Gasteiger partial charge on any atom is 0.270 e. The highest BCUT2D eigenvalue weighted by molar-refractivity contribution is 7.21. The first-order chi connectivity index (χ1) is 9.68. The van der Waals surface area contributed by atoms with Crippen molar-refractivity contribution in [2.24, 2.45) is 0 Å². The van der Waals surface area contributed by atoms with Gasteiger partial charge in [-0.15, -0.1) is 16.4 Å². The number of aromatic nitrogens is 2. The standard InChI is InChI=1S/C14H12N4OS/c1-18(9-5-3-2-4-6-9)14(19)12-11(15)10-7-8-16-17-13(10)20-12/h2-8H,15H2,1H3. The zero-order chi connectivity index (χ0) is 14.1. The Morgan fingerprint density at radius 1 is 1.25 bits per heavy atom. The summed E-state index contributed by atoms with van der Waals surface area (Å²) in [5.74, 6) is -0.142. The second-order valence-corrected chi connectivity index (χ2v) is 5.29. The molecule has 5 nitrogen and oxygen atoms in total. The van der Waals surface area contributed by atoms with E-state index < -0.39 is 0 Å². The van der Waals surface area contributed by atoms with E-state index in [9.17, 15) is 4.79 Å². The second kappa shape index (κ2) is 4.90. The van der Waals surface area contributed by atoms with Gasteiger partial charge in [0.15, 0.2) is 0 Å². The molecule has 0 saturated heterocycles. The van der Waals surface area contributed by atoms with Crippen molar-refractivity contribution in [1.29, 1.82) is 0 Å². The van der Waals surface area contributed by atoms with Crippen LogP contribution < -0.4 is 10.6 Å². The van der Waals surface area contributed by atoms with Crippen LogP contribution in [0.15, 0.2) is 42.6 Å². The van der Waals surface area contributed by atoms with Gasteiger partial charge in [-0.05, 0) is 18.2 Å². The average molecular weight is 284 g/mol. The van der Waals surface area contributed by atoms with Crippen LogP contribution in [-0.2, 0) is 0 Å². The van der Waals surface area contributed by atoms with Crippen molar-refractivity contribution in [1.82, 2.24) is 10.2 Å². The first-order valence-electron chi connectivity index (χ1n) is 6.01. The maximum atomic E-state index is 12.5. The molecule has 2 N–H and O–H groups in total. The summed E-state index contributed by atoms with van der Waals surface area (Å²) >= 11 is 1.27. The Morgan fingerprint density at radius 2 is 2.00 bits per heavy atom. The molecule has 3 aromatic rings. The van der Waals surface area contributed by atoms with E-state index in [0.29, 0.717) is 15.4 Å². The predicted molar refractivity (Wildman–Crippen MR) is 81.0 cm³/mol. The lowest BCUT2D eigenvalue weighted by Gasteiger charge is -2.16. The quantitative estimate of drug-likeness (QED) is 0.785. The van der Waals surface area contributed by atoms with Crippen LogP contribution in [0.25, 0.3) is 10.2 Å². The van der Waals surface area contributed by atoms with Crippen molar-refractivity contribution in [2.75, 3.05) is 17.7 Å². The summed E-state index contributed by atoms with van der Waals surface area (Å²) < 4.78 is 0. The van der Waals surface area contributed by atoms with Crippen LogP contribution in [0.1, 0.15) is 9.67 Å². The van der Waals surface area contributed by atoms with Gasteiger partial charge in [-0.1, -0.05) is 18.2 Å². The van der Waals surface area contributed by atoms with Gasteiger partial charge in [0.1, 0.15) is 9.71 Å². The molecule has 0 bridgehead atoms. The Kier molecular flexibility index (Phi) is 3.08. The van der Waals surface area contributed by atoms with Gasteiger partial charge in [0.25, 0.3) is 5.91 Å². The van der Waals surface area contributed by atoms with Gasteiger partial charge in [0.2, 0.25) is 0 Å². The topological polar surface area (TPSA) is 72.1 Å². The number of amides is 1. The number of rotatable bonds is 2. The highest BCUT2D eigenvalue weighted by Crippen LogP contribution is 2.33. The zero-order valence-corrected chi connectivity index (χ0v) is 11.6. The largest absolute Gasteiger partial charge is 0.397 e. The van der Waals surface area contributed by atoms with E-state index in [1.165, 1.54) is 11.3 Å². The van der Waals surface area contributed by atoms with Crippen LogP contribution in [0.5, 0.6) is 0 Å². The SMILES string of the molecule is CN(C(=O)c1sc2nnccc2c1N)c1ccccc1. The molecule has 20 heavy (non-hydrogen) atoms. The number of benzene rings is 1. The van der Waals surface area contributed by atoms with E-state index in [-0.39, 0.29) is 5.91 Å². The van der Waals surface area contributed by atoms with Crippen LogP contribution in [0, 0.1) is 0 Å². The predicted octanol–water partition coefficient (Wildman–Crippen LogP) is 2.55. The lowest BCUT2D eigenvalue weighted by molar-refractivity contribution is 0.0997. The Hall–Kier alpha value is -2.47. The normalized spacial score (nSPS) is 10.7. The fraction of sp³-hybridized carbons (Fsp3) is 0.0714. The smallest absolute Gasteiger partial charge is 0.270 e. The van der Waals surface area contributed by atoms with Crippen LogP contribution in [0.2, 0.25) is 0 Å². The van der Waals surface area contributed by atoms with Crippen LogP contribution >= 0.6 is 11.3 Å². The number of carbonyl (C=O) groups is 1. The zero-order valence-electron chi connectivity index (χ0n) is 10.8. The molecule has 0 aliphatic carbocycles. The van der Waals surface area contributed by atoms with E-state index in [0.717, 1.165) is 11.1 Å². The third-order valence-electron chi connectivity index (χ3n) is 3.06. The molecule has 0 spiro atoms. The van der Waals surface area contributed by atoms with Crippen molar-refractivity contribution >= 4 is 38.8 Å². The molecule has 6 heteroatoms. The van der Waals surface area contributed by atoms with Gasteiger partial charge in [-0.2, -0.15) is 5.10 Å². The van der Waals surface area contributed by atoms with Crippen molar-refractivity contribution in [2.45, 2.75) is 0 Å². The number of thiophene rings is 1. The molecule has 0 saturated carbocycles. The maximum absolute atomic E-state index is 12.5. The van der Waals surface area contributed by atoms with E-state index in [1.54, 1.807) is 24.2 Å². The van der Waals surface area contributed by atoms with Crippen LogP contribution in [-0.4, -0.2) is 23.2 Å². The highest BCUT2D eigenvalue weighted by atomic mass is 32.1. The first kappa shape index (κ1) is 12.6. The number of nitrogens with two attached hydrogens (primary N) is 1. The summed E-state index contributed by atoms with van der Waals surface area (Å²) in [7, 11) is 1.73. The lowest BCUT2D eigenvalue weighted by atomic mass is 10.2. The van der Waals surface area contributed by atoms with Crippen molar-refractivity contribution in [3.8, 4) is 0 Å². The number of nitrogen functional groups attached to an aromatic ring is 1. The Balaban J connectivity index is 2.03. The lowest BCUT2D eigenvalue weighted by Crippen LogP contribution is -2.25. The molecular formula is C14H12N4OS. The molecule has 0 atom stereocenters. The third-order valence-corrected chi connectivity index (χ3v) is 4.16. The Bertz CT molecular complexity index is 769. The Morgan fingerprint density at radius 3 is 2.70 bits per heavy atom. The summed E-state index contributed by atoms with van der Waals surface area (Å²) in [5, 5.41) is 8.58. The summed E-state index contributed by atoms with van der Waals surface area (Å²) in [5.41, 5.74) is 7.34. The number of fused-ring (bicyclic) bond motifs is 1.